The largest absolute Gasteiger partial charge is 0.495 e. The Hall–Kier alpha value is -2.82. The summed E-state index contributed by atoms with van der Waals surface area (Å²) in [5, 5.41) is 5.61. The first-order chi connectivity index (χ1) is 11.8. The van der Waals surface area contributed by atoms with Crippen molar-refractivity contribution >= 4 is 17.5 Å². The Morgan fingerprint density at radius 2 is 1.72 bits per heavy atom. The summed E-state index contributed by atoms with van der Waals surface area (Å²) in [5.74, 6) is -0.165. The number of aryl methyl sites for hydroxylation is 1. The highest BCUT2D eigenvalue weighted by Crippen LogP contribution is 2.27. The molecule has 25 heavy (non-hydrogen) atoms. The molecule has 0 spiro atoms. The lowest BCUT2D eigenvalue weighted by molar-refractivity contribution is -0.138. The second kappa shape index (κ2) is 7.83. The molecule has 0 aliphatic heterocycles. The van der Waals surface area contributed by atoms with Crippen molar-refractivity contribution in [2.45, 2.75) is 27.3 Å². The molecule has 0 unspecified atom stereocenters. The fraction of sp³-hybridized carbons (Fsp3) is 0.300. The molecular weight excluding hydrogens is 316 g/mol. The number of rotatable bonds is 6. The van der Waals surface area contributed by atoms with Gasteiger partial charge in [0.1, 0.15) is 11.2 Å². The molecule has 0 radical (unpaired) electrons. The van der Waals surface area contributed by atoms with Crippen molar-refractivity contribution < 1.29 is 14.3 Å². The standard InChI is InChI=1S/C20H24N2O3/c1-14-10-11-17(25-4)16(12-14)22-19(24)20(2,3)18(23)21-13-15-8-6-5-7-9-15/h5-12H,13H2,1-4H3,(H,21,23)(H,22,24). The average Bonchev–Trinajstić information content (AvgIpc) is 2.60. The fourth-order valence-electron chi connectivity index (χ4n) is 2.30. The van der Waals surface area contributed by atoms with E-state index in [2.05, 4.69) is 10.6 Å². The quantitative estimate of drug-likeness (QED) is 0.793. The van der Waals surface area contributed by atoms with Gasteiger partial charge >= 0.3 is 0 Å². The molecule has 0 aromatic heterocycles. The summed E-state index contributed by atoms with van der Waals surface area (Å²) in [5.41, 5.74) is 1.30. The van der Waals surface area contributed by atoms with Gasteiger partial charge in [0.05, 0.1) is 12.8 Å². The van der Waals surface area contributed by atoms with E-state index in [1.54, 1.807) is 19.9 Å². The van der Waals surface area contributed by atoms with Gasteiger partial charge in [-0.05, 0) is 44.0 Å². The second-order valence-corrected chi connectivity index (χ2v) is 6.45. The molecule has 132 valence electrons. The number of anilines is 1. The van der Waals surface area contributed by atoms with Crippen molar-refractivity contribution in [3.8, 4) is 5.75 Å². The first-order valence-electron chi connectivity index (χ1n) is 8.13. The Kier molecular flexibility index (Phi) is 5.80. The predicted molar refractivity (Wildman–Crippen MR) is 98.4 cm³/mol. The number of nitrogens with one attached hydrogen (secondary N) is 2. The molecule has 0 fully saturated rings. The van der Waals surface area contributed by atoms with Crippen LogP contribution in [0.5, 0.6) is 5.75 Å². The smallest absolute Gasteiger partial charge is 0.239 e. The number of ether oxygens (including phenoxy) is 1. The molecule has 0 aliphatic carbocycles. The highest BCUT2D eigenvalue weighted by Gasteiger charge is 2.36. The third-order valence-corrected chi connectivity index (χ3v) is 4.03. The summed E-state index contributed by atoms with van der Waals surface area (Å²) in [6, 6.07) is 15.1. The minimum Gasteiger partial charge on any atom is -0.495 e. The Labute approximate surface area is 148 Å². The third kappa shape index (κ3) is 4.59. The number of hydrogen-bond donors (Lipinski definition) is 2. The van der Waals surface area contributed by atoms with E-state index in [4.69, 9.17) is 4.74 Å². The lowest BCUT2D eigenvalue weighted by Crippen LogP contribution is -2.44. The summed E-state index contributed by atoms with van der Waals surface area (Å²) < 4.78 is 5.26. The van der Waals surface area contributed by atoms with Crippen molar-refractivity contribution in [2.75, 3.05) is 12.4 Å². The first kappa shape index (κ1) is 18.5. The molecule has 2 aromatic rings. The molecule has 0 heterocycles. The first-order valence-corrected chi connectivity index (χ1v) is 8.13. The van der Waals surface area contributed by atoms with Crippen LogP contribution in [0.25, 0.3) is 0 Å². The predicted octanol–water partition coefficient (Wildman–Crippen LogP) is 3.28. The molecule has 2 aromatic carbocycles. The average molecular weight is 340 g/mol. The van der Waals surface area contributed by atoms with Crippen LogP contribution in [0, 0.1) is 12.3 Å². The van der Waals surface area contributed by atoms with Gasteiger partial charge in [-0.2, -0.15) is 0 Å². The van der Waals surface area contributed by atoms with Gasteiger partial charge < -0.3 is 15.4 Å². The van der Waals surface area contributed by atoms with Crippen LogP contribution in [0.1, 0.15) is 25.0 Å². The van der Waals surface area contributed by atoms with Crippen molar-refractivity contribution in [2.24, 2.45) is 5.41 Å². The molecule has 0 atom stereocenters. The molecular formula is C20H24N2O3. The molecule has 0 bridgehead atoms. The van der Waals surface area contributed by atoms with Crippen LogP contribution in [0.15, 0.2) is 48.5 Å². The molecule has 0 aliphatic rings. The number of hydrogen-bond acceptors (Lipinski definition) is 3. The fourth-order valence-corrected chi connectivity index (χ4v) is 2.30. The summed E-state index contributed by atoms with van der Waals surface area (Å²) in [6.07, 6.45) is 0. The van der Waals surface area contributed by atoms with Gasteiger partial charge in [-0.25, -0.2) is 0 Å². The summed E-state index contributed by atoms with van der Waals surface area (Å²) in [7, 11) is 1.54. The number of carbonyl (C=O) groups excluding carboxylic acids is 2. The van der Waals surface area contributed by atoms with Crippen LogP contribution >= 0.6 is 0 Å². The summed E-state index contributed by atoms with van der Waals surface area (Å²) in [6.45, 7) is 5.51. The Bertz CT molecular complexity index is 755. The maximum atomic E-state index is 12.6. The minimum absolute atomic E-state index is 0.333. The second-order valence-electron chi connectivity index (χ2n) is 6.45. The molecule has 2 N–H and O–H groups in total. The monoisotopic (exact) mass is 340 g/mol. The SMILES string of the molecule is COc1ccc(C)cc1NC(=O)C(C)(C)C(=O)NCc1ccccc1. The van der Waals surface area contributed by atoms with E-state index in [-0.39, 0.29) is 11.8 Å². The topological polar surface area (TPSA) is 67.4 Å². The van der Waals surface area contributed by atoms with Crippen molar-refractivity contribution in [1.29, 1.82) is 0 Å². The van der Waals surface area contributed by atoms with Crippen LogP contribution in [0.4, 0.5) is 5.69 Å². The molecule has 2 rings (SSSR count). The molecule has 5 heteroatoms. The van der Waals surface area contributed by atoms with Crippen molar-refractivity contribution in [3.05, 3.63) is 59.7 Å². The maximum Gasteiger partial charge on any atom is 0.239 e. The number of amides is 2. The van der Waals surface area contributed by atoms with Crippen molar-refractivity contribution in [1.82, 2.24) is 5.32 Å². The lowest BCUT2D eigenvalue weighted by Gasteiger charge is -2.23. The molecule has 2 amide bonds. The zero-order valence-electron chi connectivity index (χ0n) is 15.1. The van der Waals surface area contributed by atoms with Gasteiger partial charge in [-0.3, -0.25) is 9.59 Å². The summed E-state index contributed by atoms with van der Waals surface area (Å²) in [4.78, 5) is 25.1. The Balaban J connectivity index is 2.06. The van der Waals surface area contributed by atoms with E-state index in [1.807, 2.05) is 49.4 Å². The van der Waals surface area contributed by atoms with Crippen LogP contribution in [0.3, 0.4) is 0 Å². The van der Waals surface area contributed by atoms with Gasteiger partial charge in [-0.1, -0.05) is 36.4 Å². The Morgan fingerprint density at radius 3 is 2.36 bits per heavy atom. The van der Waals surface area contributed by atoms with Crippen LogP contribution in [-0.2, 0) is 16.1 Å². The van der Waals surface area contributed by atoms with Crippen LogP contribution in [-0.4, -0.2) is 18.9 Å². The maximum absolute atomic E-state index is 12.6. The zero-order valence-corrected chi connectivity index (χ0v) is 15.1. The minimum atomic E-state index is -1.22. The van der Waals surface area contributed by atoms with E-state index in [1.165, 1.54) is 7.11 Å². The van der Waals surface area contributed by atoms with E-state index in [9.17, 15) is 9.59 Å². The van der Waals surface area contributed by atoms with E-state index in [0.717, 1.165) is 11.1 Å². The highest BCUT2D eigenvalue weighted by molar-refractivity contribution is 6.10. The van der Waals surface area contributed by atoms with Gasteiger partial charge in [-0.15, -0.1) is 0 Å². The van der Waals surface area contributed by atoms with E-state index in [0.29, 0.717) is 18.0 Å². The van der Waals surface area contributed by atoms with Crippen LogP contribution in [0.2, 0.25) is 0 Å². The number of carbonyl (C=O) groups is 2. The third-order valence-electron chi connectivity index (χ3n) is 4.03. The van der Waals surface area contributed by atoms with E-state index >= 15 is 0 Å². The number of methoxy groups -OCH3 is 1. The molecule has 0 saturated carbocycles. The zero-order chi connectivity index (χ0) is 18.4. The van der Waals surface area contributed by atoms with Gasteiger partial charge in [0.15, 0.2) is 0 Å². The van der Waals surface area contributed by atoms with Crippen LogP contribution < -0.4 is 15.4 Å². The molecule has 0 saturated heterocycles. The van der Waals surface area contributed by atoms with Gasteiger partial charge in [0.25, 0.3) is 0 Å². The van der Waals surface area contributed by atoms with E-state index < -0.39 is 5.41 Å². The summed E-state index contributed by atoms with van der Waals surface area (Å²) >= 11 is 0. The highest BCUT2D eigenvalue weighted by atomic mass is 16.5. The van der Waals surface area contributed by atoms with Crippen molar-refractivity contribution in [3.63, 3.8) is 0 Å². The van der Waals surface area contributed by atoms with Gasteiger partial charge in [0.2, 0.25) is 11.8 Å². The number of benzene rings is 2. The van der Waals surface area contributed by atoms with Gasteiger partial charge in [0, 0.05) is 6.54 Å². The Morgan fingerprint density at radius 1 is 1.04 bits per heavy atom. The lowest BCUT2D eigenvalue weighted by atomic mass is 9.90. The normalized spacial score (nSPS) is 10.9. The molecule has 5 nitrogen and oxygen atoms in total.